The van der Waals surface area contributed by atoms with Gasteiger partial charge in [0, 0.05) is 36.0 Å². The molecule has 0 N–H and O–H groups in total. The molecule has 1 saturated heterocycles. The molecule has 0 saturated carbocycles. The topological polar surface area (TPSA) is 59.5 Å². The lowest BCUT2D eigenvalue weighted by molar-refractivity contribution is 0.0709. The van der Waals surface area contributed by atoms with Gasteiger partial charge in [0.2, 0.25) is 0 Å². The van der Waals surface area contributed by atoms with Crippen LogP contribution in [0.25, 0.3) is 11.0 Å². The van der Waals surface area contributed by atoms with Crippen LogP contribution in [-0.4, -0.2) is 29.1 Å². The number of rotatable bonds is 2. The van der Waals surface area contributed by atoms with E-state index in [1.807, 2.05) is 25.7 Å². The lowest BCUT2D eigenvalue weighted by Gasteiger charge is -2.31. The number of carbonyl (C=O) groups excluding carboxylic acids is 1. The van der Waals surface area contributed by atoms with E-state index < -0.39 is 0 Å². The molecule has 1 aliphatic heterocycles. The Kier molecular flexibility index (Phi) is 4.05. The highest BCUT2D eigenvalue weighted by atomic mass is 19.1. The third-order valence-electron chi connectivity index (χ3n) is 5.41. The Bertz CT molecular complexity index is 981. The van der Waals surface area contributed by atoms with E-state index in [9.17, 15) is 9.18 Å². The molecule has 26 heavy (non-hydrogen) atoms. The maximum atomic E-state index is 13.3. The van der Waals surface area contributed by atoms with E-state index in [0.717, 1.165) is 35.2 Å². The number of aromatic nitrogens is 1. The summed E-state index contributed by atoms with van der Waals surface area (Å²) in [6.07, 6.45) is 1.61. The van der Waals surface area contributed by atoms with Crippen LogP contribution >= 0.6 is 0 Å². The highest BCUT2D eigenvalue weighted by molar-refractivity contribution is 5.97. The highest BCUT2D eigenvalue weighted by Gasteiger charge is 2.30. The van der Waals surface area contributed by atoms with Crippen molar-refractivity contribution in [3.05, 3.63) is 52.4 Å². The first kappa shape index (κ1) is 16.8. The number of hydrogen-bond acceptors (Lipinski definition) is 4. The fourth-order valence-electron chi connectivity index (χ4n) is 3.85. The number of benzene rings is 1. The van der Waals surface area contributed by atoms with Gasteiger partial charge in [-0.1, -0.05) is 5.16 Å². The maximum absolute atomic E-state index is 13.3. The average Bonchev–Trinajstić information content (AvgIpc) is 3.15. The first-order chi connectivity index (χ1) is 12.5. The van der Waals surface area contributed by atoms with Gasteiger partial charge in [-0.15, -0.1) is 0 Å². The predicted molar refractivity (Wildman–Crippen MR) is 94.8 cm³/mol. The van der Waals surface area contributed by atoms with Crippen molar-refractivity contribution in [1.29, 1.82) is 0 Å². The number of fused-ring (bicyclic) bond motifs is 1. The number of carbonyl (C=O) groups is 1. The zero-order valence-corrected chi connectivity index (χ0v) is 15.1. The maximum Gasteiger partial charge on any atom is 0.257 e. The van der Waals surface area contributed by atoms with Gasteiger partial charge in [0.25, 0.3) is 5.91 Å². The van der Waals surface area contributed by atoms with Crippen molar-refractivity contribution in [2.24, 2.45) is 0 Å². The molecular weight excluding hydrogens is 335 g/mol. The number of nitrogens with zero attached hydrogens (tertiary/aromatic N) is 2. The van der Waals surface area contributed by atoms with Crippen LogP contribution in [0, 0.1) is 26.6 Å². The SMILES string of the molecule is Cc1oc(C)c(C(=O)N2CCC(c3noc4cc(F)ccc34)CC2)c1C. The van der Waals surface area contributed by atoms with Crippen LogP contribution in [0.1, 0.15) is 51.9 Å². The average molecular weight is 356 g/mol. The van der Waals surface area contributed by atoms with Crippen molar-refractivity contribution in [1.82, 2.24) is 10.1 Å². The fourth-order valence-corrected chi connectivity index (χ4v) is 3.85. The molecule has 5 nitrogen and oxygen atoms in total. The van der Waals surface area contributed by atoms with Crippen molar-refractivity contribution in [3.8, 4) is 0 Å². The largest absolute Gasteiger partial charge is 0.466 e. The molecule has 3 heterocycles. The van der Waals surface area contributed by atoms with Gasteiger partial charge in [-0.2, -0.15) is 0 Å². The second-order valence-electron chi connectivity index (χ2n) is 6.99. The van der Waals surface area contributed by atoms with Gasteiger partial charge >= 0.3 is 0 Å². The number of hydrogen-bond donors (Lipinski definition) is 0. The van der Waals surface area contributed by atoms with Crippen molar-refractivity contribution in [2.45, 2.75) is 39.5 Å². The van der Waals surface area contributed by atoms with Crippen LogP contribution in [0.3, 0.4) is 0 Å². The smallest absolute Gasteiger partial charge is 0.257 e. The van der Waals surface area contributed by atoms with Gasteiger partial charge in [-0.3, -0.25) is 4.79 Å². The minimum atomic E-state index is -0.332. The second kappa shape index (κ2) is 6.27. The molecule has 3 aromatic rings. The zero-order valence-electron chi connectivity index (χ0n) is 15.1. The standard InChI is InChI=1S/C20H21FN2O3/c1-11-12(2)25-13(3)18(11)20(24)23-8-6-14(7-9-23)19-16-5-4-15(21)10-17(16)26-22-19/h4-5,10,14H,6-9H2,1-3H3. The van der Waals surface area contributed by atoms with Crippen LogP contribution < -0.4 is 0 Å². The van der Waals surface area contributed by atoms with Gasteiger partial charge in [0.15, 0.2) is 5.58 Å². The van der Waals surface area contributed by atoms with Crippen LogP contribution in [0.15, 0.2) is 27.1 Å². The van der Waals surface area contributed by atoms with E-state index in [1.165, 1.54) is 12.1 Å². The normalized spacial score (nSPS) is 15.8. The second-order valence-corrected chi connectivity index (χ2v) is 6.99. The van der Waals surface area contributed by atoms with Crippen LogP contribution in [0.4, 0.5) is 4.39 Å². The molecule has 6 heteroatoms. The van der Waals surface area contributed by atoms with E-state index in [-0.39, 0.29) is 17.6 Å². The molecule has 2 aromatic heterocycles. The number of furan rings is 1. The van der Waals surface area contributed by atoms with E-state index in [2.05, 4.69) is 5.16 Å². The molecule has 0 spiro atoms. The number of aryl methyl sites for hydroxylation is 2. The van der Waals surface area contributed by atoms with E-state index in [1.54, 1.807) is 6.07 Å². The van der Waals surface area contributed by atoms with Crippen molar-refractivity contribution in [2.75, 3.05) is 13.1 Å². The Morgan fingerprint density at radius 2 is 1.92 bits per heavy atom. The van der Waals surface area contributed by atoms with Gasteiger partial charge in [0.1, 0.15) is 17.3 Å². The third kappa shape index (κ3) is 2.69. The summed E-state index contributed by atoms with van der Waals surface area (Å²) in [7, 11) is 0. The Morgan fingerprint density at radius 3 is 2.58 bits per heavy atom. The van der Waals surface area contributed by atoms with Gasteiger partial charge in [-0.25, -0.2) is 4.39 Å². The number of piperidine rings is 1. The minimum Gasteiger partial charge on any atom is -0.466 e. The summed E-state index contributed by atoms with van der Waals surface area (Å²) in [4.78, 5) is 14.8. The number of likely N-dealkylation sites (tertiary alicyclic amines) is 1. The molecule has 136 valence electrons. The monoisotopic (exact) mass is 356 g/mol. The Balaban J connectivity index is 1.51. The summed E-state index contributed by atoms with van der Waals surface area (Å²) >= 11 is 0. The zero-order chi connectivity index (χ0) is 18.4. The molecule has 0 bridgehead atoms. The number of halogens is 1. The van der Waals surface area contributed by atoms with Crippen LogP contribution in [0.5, 0.6) is 0 Å². The summed E-state index contributed by atoms with van der Waals surface area (Å²) in [5.74, 6) is 1.38. The minimum absolute atomic E-state index is 0.0300. The third-order valence-corrected chi connectivity index (χ3v) is 5.41. The summed E-state index contributed by atoms with van der Waals surface area (Å²) in [6, 6.07) is 4.50. The highest BCUT2D eigenvalue weighted by Crippen LogP contribution is 2.33. The first-order valence-electron chi connectivity index (χ1n) is 8.86. The van der Waals surface area contributed by atoms with Crippen LogP contribution in [0.2, 0.25) is 0 Å². The first-order valence-corrected chi connectivity index (χ1v) is 8.86. The lowest BCUT2D eigenvalue weighted by Crippen LogP contribution is -2.38. The summed E-state index contributed by atoms with van der Waals surface area (Å²) in [6.45, 7) is 6.95. The molecule has 1 aromatic carbocycles. The van der Waals surface area contributed by atoms with Gasteiger partial charge in [-0.05, 0) is 45.7 Å². The van der Waals surface area contributed by atoms with Gasteiger partial charge < -0.3 is 13.8 Å². The molecule has 1 amide bonds. The van der Waals surface area contributed by atoms with Crippen molar-refractivity contribution >= 4 is 16.9 Å². The summed E-state index contributed by atoms with van der Waals surface area (Å²) < 4.78 is 24.2. The molecular formula is C20H21FN2O3. The Labute approximate surface area is 150 Å². The fraction of sp³-hybridized carbons (Fsp3) is 0.400. The molecule has 0 unspecified atom stereocenters. The van der Waals surface area contributed by atoms with Crippen molar-refractivity contribution < 1.29 is 18.1 Å². The molecule has 4 rings (SSSR count). The van der Waals surface area contributed by atoms with E-state index in [0.29, 0.717) is 30.0 Å². The molecule has 0 radical (unpaired) electrons. The quantitative estimate of drug-likeness (QED) is 0.678. The van der Waals surface area contributed by atoms with Crippen molar-refractivity contribution in [3.63, 3.8) is 0 Å². The lowest BCUT2D eigenvalue weighted by atomic mass is 9.91. The summed E-state index contributed by atoms with van der Waals surface area (Å²) in [5, 5.41) is 5.01. The van der Waals surface area contributed by atoms with Crippen LogP contribution in [-0.2, 0) is 0 Å². The van der Waals surface area contributed by atoms with E-state index in [4.69, 9.17) is 8.94 Å². The van der Waals surface area contributed by atoms with Gasteiger partial charge in [0.05, 0.1) is 11.3 Å². The molecule has 1 aliphatic rings. The Morgan fingerprint density at radius 1 is 1.19 bits per heavy atom. The molecule has 0 atom stereocenters. The Hall–Kier alpha value is -2.63. The van der Waals surface area contributed by atoms with E-state index >= 15 is 0 Å². The summed E-state index contributed by atoms with van der Waals surface area (Å²) in [5.41, 5.74) is 2.93. The number of amides is 1. The molecule has 1 fully saturated rings. The molecule has 0 aliphatic carbocycles. The predicted octanol–water partition coefficient (Wildman–Crippen LogP) is 4.50.